The number of aromatic amines is 1. The van der Waals surface area contributed by atoms with Crippen LogP contribution in [0.4, 0.5) is 11.5 Å². The van der Waals surface area contributed by atoms with Crippen molar-refractivity contribution in [1.29, 1.82) is 0 Å². The summed E-state index contributed by atoms with van der Waals surface area (Å²) >= 11 is 0. The minimum atomic E-state index is -0.729. The number of carbonyl (C=O) groups excluding carboxylic acids is 1. The SMILES string of the molecule is CCCCn1c(N)c(N(C)C(=O)[C@H]2Cc3ccccc3O2)c(=O)[nH]c1=O. The maximum Gasteiger partial charge on any atom is 0.330 e. The number of likely N-dealkylation sites (N-methyl/N-ethyl adjacent to an activating group) is 1. The number of ether oxygens (including phenoxy) is 1. The number of nitrogens with two attached hydrogens (primary N) is 1. The number of hydrogen-bond acceptors (Lipinski definition) is 5. The molecule has 1 aliphatic rings. The molecule has 1 atom stereocenters. The molecule has 3 N–H and O–H groups in total. The molecule has 1 aromatic heterocycles. The van der Waals surface area contributed by atoms with Gasteiger partial charge in [0.25, 0.3) is 11.5 Å². The van der Waals surface area contributed by atoms with Gasteiger partial charge in [-0.05, 0) is 18.1 Å². The van der Waals surface area contributed by atoms with Crippen molar-refractivity contribution in [2.75, 3.05) is 17.7 Å². The fourth-order valence-corrected chi connectivity index (χ4v) is 3.09. The summed E-state index contributed by atoms with van der Waals surface area (Å²) in [6.45, 7) is 2.36. The third-order valence-corrected chi connectivity index (χ3v) is 4.54. The summed E-state index contributed by atoms with van der Waals surface area (Å²) in [5.41, 5.74) is 5.70. The van der Waals surface area contributed by atoms with Gasteiger partial charge in [0, 0.05) is 20.0 Å². The highest BCUT2D eigenvalue weighted by molar-refractivity contribution is 5.98. The van der Waals surface area contributed by atoms with Gasteiger partial charge in [-0.1, -0.05) is 31.5 Å². The Balaban J connectivity index is 1.90. The fourth-order valence-electron chi connectivity index (χ4n) is 3.09. The van der Waals surface area contributed by atoms with Crippen LogP contribution in [0.2, 0.25) is 0 Å². The normalized spacial score (nSPS) is 15.4. The zero-order valence-electron chi connectivity index (χ0n) is 14.8. The molecule has 0 spiro atoms. The van der Waals surface area contributed by atoms with E-state index in [2.05, 4.69) is 4.98 Å². The van der Waals surface area contributed by atoms with Crippen molar-refractivity contribution in [2.45, 2.75) is 38.8 Å². The van der Waals surface area contributed by atoms with Crippen molar-refractivity contribution in [3.8, 4) is 5.75 Å². The number of H-pyrrole nitrogens is 1. The Kier molecular flexibility index (Phi) is 4.83. The smallest absolute Gasteiger partial charge is 0.330 e. The monoisotopic (exact) mass is 358 g/mol. The molecule has 2 heterocycles. The van der Waals surface area contributed by atoms with Crippen LogP contribution in [0.15, 0.2) is 33.9 Å². The molecule has 0 aliphatic carbocycles. The molecular weight excluding hydrogens is 336 g/mol. The van der Waals surface area contributed by atoms with Crippen LogP contribution in [0.3, 0.4) is 0 Å². The van der Waals surface area contributed by atoms with Gasteiger partial charge in [-0.2, -0.15) is 0 Å². The molecular formula is C18H22N4O4. The van der Waals surface area contributed by atoms with Gasteiger partial charge in [-0.3, -0.25) is 19.1 Å². The quantitative estimate of drug-likeness (QED) is 0.824. The Hall–Kier alpha value is -3.03. The van der Waals surface area contributed by atoms with Crippen molar-refractivity contribution < 1.29 is 9.53 Å². The van der Waals surface area contributed by atoms with E-state index in [1.807, 2.05) is 25.1 Å². The molecule has 138 valence electrons. The average Bonchev–Trinajstić information content (AvgIpc) is 3.04. The predicted octanol–water partition coefficient (Wildman–Crippen LogP) is 0.885. The number of benzene rings is 1. The van der Waals surface area contributed by atoms with E-state index in [-0.39, 0.29) is 17.4 Å². The van der Waals surface area contributed by atoms with Gasteiger partial charge in [-0.25, -0.2) is 4.79 Å². The van der Waals surface area contributed by atoms with E-state index in [0.29, 0.717) is 18.7 Å². The number of nitrogen functional groups attached to an aromatic ring is 1. The predicted molar refractivity (Wildman–Crippen MR) is 98.6 cm³/mol. The molecule has 1 aliphatic heterocycles. The lowest BCUT2D eigenvalue weighted by atomic mass is 10.1. The van der Waals surface area contributed by atoms with Gasteiger partial charge in [-0.15, -0.1) is 0 Å². The first kappa shape index (κ1) is 17.8. The fraction of sp³-hybridized carbons (Fsp3) is 0.389. The number of rotatable bonds is 5. The summed E-state index contributed by atoms with van der Waals surface area (Å²) in [6.07, 6.45) is 1.29. The Morgan fingerprint density at radius 1 is 1.38 bits per heavy atom. The van der Waals surface area contributed by atoms with Crippen molar-refractivity contribution in [1.82, 2.24) is 9.55 Å². The summed E-state index contributed by atoms with van der Waals surface area (Å²) in [6, 6.07) is 7.41. The lowest BCUT2D eigenvalue weighted by Gasteiger charge is -2.22. The van der Waals surface area contributed by atoms with Gasteiger partial charge in [0.05, 0.1) is 0 Å². The van der Waals surface area contributed by atoms with Crippen LogP contribution in [-0.4, -0.2) is 28.6 Å². The molecule has 0 saturated heterocycles. The maximum atomic E-state index is 12.8. The van der Waals surface area contributed by atoms with Crippen LogP contribution >= 0.6 is 0 Å². The zero-order valence-corrected chi connectivity index (χ0v) is 14.8. The Morgan fingerprint density at radius 2 is 2.12 bits per heavy atom. The highest BCUT2D eigenvalue weighted by Gasteiger charge is 2.33. The standard InChI is InChI=1S/C18H22N4O4/c1-3-4-9-22-15(19)14(16(23)20-18(22)25)21(2)17(24)13-10-11-7-5-6-8-12(11)26-13/h5-8,13H,3-4,9-10,19H2,1-2H3,(H,20,23,25)/t13-/m1/s1. The first-order valence-corrected chi connectivity index (χ1v) is 8.58. The second-order valence-corrected chi connectivity index (χ2v) is 6.31. The molecule has 0 saturated carbocycles. The number of nitrogens with one attached hydrogen (secondary N) is 1. The number of unbranched alkanes of at least 4 members (excludes halogenated alkanes) is 1. The van der Waals surface area contributed by atoms with Gasteiger partial charge in [0.1, 0.15) is 11.6 Å². The van der Waals surface area contributed by atoms with Crippen LogP contribution in [-0.2, 0) is 17.8 Å². The van der Waals surface area contributed by atoms with Crippen molar-refractivity contribution in [3.05, 3.63) is 50.7 Å². The third kappa shape index (κ3) is 3.10. The Morgan fingerprint density at radius 3 is 2.81 bits per heavy atom. The molecule has 8 heteroatoms. The van der Waals surface area contributed by atoms with Gasteiger partial charge < -0.3 is 15.4 Å². The lowest BCUT2D eigenvalue weighted by Crippen LogP contribution is -2.44. The Bertz CT molecular complexity index is 922. The van der Waals surface area contributed by atoms with Crippen molar-refractivity contribution in [3.63, 3.8) is 0 Å². The molecule has 2 aromatic rings. The summed E-state index contributed by atoms with van der Waals surface area (Å²) < 4.78 is 6.98. The van der Waals surface area contributed by atoms with E-state index in [0.717, 1.165) is 18.4 Å². The largest absolute Gasteiger partial charge is 0.480 e. The maximum absolute atomic E-state index is 12.8. The van der Waals surface area contributed by atoms with Gasteiger partial charge >= 0.3 is 5.69 Å². The number of amides is 1. The van der Waals surface area contributed by atoms with E-state index < -0.39 is 17.4 Å². The summed E-state index contributed by atoms with van der Waals surface area (Å²) in [5.74, 6) is 0.256. The summed E-state index contributed by atoms with van der Waals surface area (Å²) in [7, 11) is 1.46. The summed E-state index contributed by atoms with van der Waals surface area (Å²) in [5, 5.41) is 0. The molecule has 0 unspecified atom stereocenters. The molecule has 0 fully saturated rings. The van der Waals surface area contributed by atoms with Crippen LogP contribution < -0.4 is 26.6 Å². The summed E-state index contributed by atoms with van der Waals surface area (Å²) in [4.78, 5) is 40.5. The molecule has 1 aromatic carbocycles. The van der Waals surface area contributed by atoms with E-state index in [9.17, 15) is 14.4 Å². The Labute approximate surface area is 150 Å². The molecule has 8 nitrogen and oxygen atoms in total. The lowest BCUT2D eigenvalue weighted by molar-refractivity contribution is -0.124. The van der Waals surface area contributed by atoms with Crippen LogP contribution in [0.5, 0.6) is 5.75 Å². The first-order chi connectivity index (χ1) is 12.4. The molecule has 0 bridgehead atoms. The number of nitrogens with zero attached hydrogens (tertiary/aromatic N) is 2. The highest BCUT2D eigenvalue weighted by atomic mass is 16.5. The minimum absolute atomic E-state index is 0.0152. The number of para-hydroxylation sites is 1. The third-order valence-electron chi connectivity index (χ3n) is 4.54. The van der Waals surface area contributed by atoms with Crippen LogP contribution in [0.1, 0.15) is 25.3 Å². The topological polar surface area (TPSA) is 110 Å². The minimum Gasteiger partial charge on any atom is -0.480 e. The first-order valence-electron chi connectivity index (χ1n) is 8.58. The van der Waals surface area contributed by atoms with E-state index >= 15 is 0 Å². The second-order valence-electron chi connectivity index (χ2n) is 6.31. The number of aromatic nitrogens is 2. The average molecular weight is 358 g/mol. The van der Waals surface area contributed by atoms with Crippen molar-refractivity contribution in [2.24, 2.45) is 0 Å². The van der Waals surface area contributed by atoms with Crippen molar-refractivity contribution >= 4 is 17.4 Å². The molecule has 3 rings (SSSR count). The number of hydrogen-bond donors (Lipinski definition) is 2. The number of fused-ring (bicyclic) bond motifs is 1. The van der Waals surface area contributed by atoms with Crippen LogP contribution in [0.25, 0.3) is 0 Å². The van der Waals surface area contributed by atoms with Crippen LogP contribution in [0, 0.1) is 0 Å². The molecule has 0 radical (unpaired) electrons. The second kappa shape index (κ2) is 7.07. The number of carbonyl (C=O) groups is 1. The zero-order chi connectivity index (χ0) is 18.8. The van der Waals surface area contributed by atoms with Gasteiger partial charge in [0.15, 0.2) is 11.8 Å². The molecule has 26 heavy (non-hydrogen) atoms. The van der Waals surface area contributed by atoms with Gasteiger partial charge in [0.2, 0.25) is 0 Å². The van der Waals surface area contributed by atoms with E-state index in [4.69, 9.17) is 10.5 Å². The number of anilines is 2. The van der Waals surface area contributed by atoms with E-state index in [1.165, 1.54) is 16.5 Å². The van der Waals surface area contributed by atoms with E-state index in [1.54, 1.807) is 6.07 Å². The highest BCUT2D eigenvalue weighted by Crippen LogP contribution is 2.29. The molecule has 1 amide bonds.